The molecule has 1 amide bonds. The van der Waals surface area contributed by atoms with Gasteiger partial charge in [0, 0.05) is 17.9 Å². The van der Waals surface area contributed by atoms with Crippen LogP contribution >= 0.6 is 0 Å². The van der Waals surface area contributed by atoms with Crippen molar-refractivity contribution in [2.24, 2.45) is 0 Å². The van der Waals surface area contributed by atoms with E-state index >= 15 is 0 Å². The van der Waals surface area contributed by atoms with Crippen LogP contribution in [0.4, 0.5) is 6.01 Å². The Morgan fingerprint density at radius 2 is 1.93 bits per heavy atom. The molecule has 0 saturated heterocycles. The van der Waals surface area contributed by atoms with Gasteiger partial charge in [-0.25, -0.2) is 8.42 Å². The molecule has 0 spiro atoms. The van der Waals surface area contributed by atoms with Crippen LogP contribution in [0.15, 0.2) is 57.9 Å². The van der Waals surface area contributed by atoms with Gasteiger partial charge in [0.2, 0.25) is 12.7 Å². The number of nitrogens with zero attached hydrogens (tertiary/aromatic N) is 2. The molecule has 1 aliphatic heterocycles. The number of amides is 1. The predicted octanol–water partition coefficient (Wildman–Crippen LogP) is 2.52. The summed E-state index contributed by atoms with van der Waals surface area (Å²) in [6, 6.07) is 11.3. The molecule has 0 fully saturated rings. The van der Waals surface area contributed by atoms with E-state index in [1.54, 1.807) is 36.4 Å². The van der Waals surface area contributed by atoms with Gasteiger partial charge in [-0.2, -0.15) is 0 Å². The molecule has 1 aliphatic rings. The standard InChI is InChI=1S/C19H15N3O6S/c1-29(24,25)14-4-2-3-13(10-14)18-21-22-19(28-18)20-17(23)8-6-12-5-7-15-16(9-12)27-11-26-15/h2-10H,11H2,1H3,(H,20,22,23). The number of anilines is 1. The first-order chi connectivity index (χ1) is 13.9. The fourth-order valence-electron chi connectivity index (χ4n) is 2.59. The summed E-state index contributed by atoms with van der Waals surface area (Å²) in [6.45, 7) is 0.176. The maximum atomic E-state index is 12.1. The van der Waals surface area contributed by atoms with Gasteiger partial charge in [0.1, 0.15) is 0 Å². The van der Waals surface area contributed by atoms with Gasteiger partial charge in [0.05, 0.1) is 4.90 Å². The molecule has 29 heavy (non-hydrogen) atoms. The molecule has 0 saturated carbocycles. The van der Waals surface area contributed by atoms with Gasteiger partial charge in [-0.1, -0.05) is 17.2 Å². The molecule has 3 aromatic rings. The van der Waals surface area contributed by atoms with Crippen LogP contribution in [-0.4, -0.2) is 37.6 Å². The lowest BCUT2D eigenvalue weighted by Crippen LogP contribution is -2.07. The SMILES string of the molecule is CS(=O)(=O)c1cccc(-c2nnc(NC(=O)C=Cc3ccc4c(c3)OCO4)o2)c1. The second-order valence-corrected chi connectivity index (χ2v) is 8.16. The van der Waals surface area contributed by atoms with E-state index in [4.69, 9.17) is 13.9 Å². The molecule has 2 aromatic carbocycles. The molecule has 4 rings (SSSR count). The van der Waals surface area contributed by atoms with Crippen LogP contribution in [0.1, 0.15) is 5.56 Å². The fourth-order valence-corrected chi connectivity index (χ4v) is 3.25. The third kappa shape index (κ3) is 4.27. The van der Waals surface area contributed by atoms with E-state index in [0.717, 1.165) is 11.8 Å². The first-order valence-electron chi connectivity index (χ1n) is 8.41. The first-order valence-corrected chi connectivity index (χ1v) is 10.3. The Hall–Kier alpha value is -3.66. The number of hydrogen-bond donors (Lipinski definition) is 1. The molecule has 0 radical (unpaired) electrons. The van der Waals surface area contributed by atoms with Gasteiger partial charge in [0.15, 0.2) is 21.3 Å². The molecule has 1 aromatic heterocycles. The molecular formula is C19H15N3O6S. The third-order valence-corrected chi connectivity index (χ3v) is 5.10. The lowest BCUT2D eigenvalue weighted by Gasteiger charge is -2.00. The number of fused-ring (bicyclic) bond motifs is 1. The number of aromatic nitrogens is 2. The Balaban J connectivity index is 1.44. The first kappa shape index (κ1) is 18.7. The number of nitrogens with one attached hydrogen (secondary N) is 1. The summed E-state index contributed by atoms with van der Waals surface area (Å²) < 4.78 is 39.3. The number of ether oxygens (including phenoxy) is 2. The predicted molar refractivity (Wildman–Crippen MR) is 103 cm³/mol. The Bertz CT molecular complexity index is 1220. The third-order valence-electron chi connectivity index (χ3n) is 3.99. The fraction of sp³-hybridized carbons (Fsp3) is 0.105. The molecule has 10 heteroatoms. The molecule has 0 aliphatic carbocycles. The van der Waals surface area contributed by atoms with Gasteiger partial charge in [-0.15, -0.1) is 5.10 Å². The highest BCUT2D eigenvalue weighted by Crippen LogP contribution is 2.32. The molecule has 0 bridgehead atoms. The second-order valence-electron chi connectivity index (χ2n) is 6.15. The van der Waals surface area contributed by atoms with Crippen LogP contribution in [0, 0.1) is 0 Å². The lowest BCUT2D eigenvalue weighted by atomic mass is 10.2. The van der Waals surface area contributed by atoms with Crippen LogP contribution in [0.2, 0.25) is 0 Å². The summed E-state index contributed by atoms with van der Waals surface area (Å²) in [4.78, 5) is 12.2. The maximum Gasteiger partial charge on any atom is 0.322 e. The van der Waals surface area contributed by atoms with E-state index in [-0.39, 0.29) is 23.6 Å². The largest absolute Gasteiger partial charge is 0.454 e. The van der Waals surface area contributed by atoms with Crippen molar-refractivity contribution < 1.29 is 27.1 Å². The minimum Gasteiger partial charge on any atom is -0.454 e. The molecule has 9 nitrogen and oxygen atoms in total. The topological polar surface area (TPSA) is 121 Å². The Kier molecular flexibility index (Phi) is 4.77. The van der Waals surface area contributed by atoms with Crippen LogP contribution < -0.4 is 14.8 Å². The normalized spacial score (nSPS) is 13.0. The van der Waals surface area contributed by atoms with Crippen LogP contribution in [0.3, 0.4) is 0 Å². The number of carbonyl (C=O) groups is 1. The monoisotopic (exact) mass is 413 g/mol. The summed E-state index contributed by atoms with van der Waals surface area (Å²) in [5, 5.41) is 10.1. The van der Waals surface area contributed by atoms with E-state index < -0.39 is 15.7 Å². The molecular weight excluding hydrogens is 398 g/mol. The number of rotatable bonds is 5. The average Bonchev–Trinajstić information content (AvgIpc) is 3.34. The minimum atomic E-state index is -3.37. The van der Waals surface area contributed by atoms with Gasteiger partial charge in [-0.3, -0.25) is 10.1 Å². The Morgan fingerprint density at radius 3 is 2.76 bits per heavy atom. The van der Waals surface area contributed by atoms with Crippen molar-refractivity contribution in [3.8, 4) is 23.0 Å². The van der Waals surface area contributed by atoms with Crippen molar-refractivity contribution in [3.63, 3.8) is 0 Å². The van der Waals surface area contributed by atoms with Crippen molar-refractivity contribution >= 4 is 27.8 Å². The van der Waals surface area contributed by atoms with Gasteiger partial charge < -0.3 is 13.9 Å². The number of hydrogen-bond acceptors (Lipinski definition) is 8. The Labute approximate surface area is 165 Å². The highest BCUT2D eigenvalue weighted by Gasteiger charge is 2.14. The second kappa shape index (κ2) is 7.40. The van der Waals surface area contributed by atoms with Gasteiger partial charge >= 0.3 is 6.01 Å². The van der Waals surface area contributed by atoms with Crippen molar-refractivity contribution in [2.45, 2.75) is 4.90 Å². The summed E-state index contributed by atoms with van der Waals surface area (Å²) in [7, 11) is -3.37. The van der Waals surface area contributed by atoms with Gasteiger partial charge in [-0.05, 0) is 42.0 Å². The maximum absolute atomic E-state index is 12.1. The smallest absolute Gasteiger partial charge is 0.322 e. The quantitative estimate of drug-likeness (QED) is 0.634. The van der Waals surface area contributed by atoms with Crippen molar-refractivity contribution in [1.82, 2.24) is 10.2 Å². The molecule has 0 unspecified atom stereocenters. The van der Waals surface area contributed by atoms with Crippen LogP contribution in [-0.2, 0) is 14.6 Å². The number of carbonyl (C=O) groups excluding carboxylic acids is 1. The summed E-state index contributed by atoms with van der Waals surface area (Å²) in [6.07, 6.45) is 4.02. The Morgan fingerprint density at radius 1 is 1.10 bits per heavy atom. The van der Waals surface area contributed by atoms with Crippen LogP contribution in [0.5, 0.6) is 11.5 Å². The summed E-state index contributed by atoms with van der Waals surface area (Å²) >= 11 is 0. The highest BCUT2D eigenvalue weighted by atomic mass is 32.2. The zero-order valence-electron chi connectivity index (χ0n) is 15.2. The minimum absolute atomic E-state index is 0.0885. The zero-order chi connectivity index (χ0) is 20.4. The van der Waals surface area contributed by atoms with Crippen molar-refractivity contribution in [1.29, 1.82) is 0 Å². The summed E-state index contributed by atoms with van der Waals surface area (Å²) in [5.74, 6) is 0.892. The average molecular weight is 413 g/mol. The zero-order valence-corrected chi connectivity index (χ0v) is 16.0. The van der Waals surface area contributed by atoms with E-state index in [9.17, 15) is 13.2 Å². The number of benzene rings is 2. The van der Waals surface area contributed by atoms with E-state index in [0.29, 0.717) is 17.1 Å². The summed E-state index contributed by atoms with van der Waals surface area (Å²) in [5.41, 5.74) is 1.19. The van der Waals surface area contributed by atoms with E-state index in [1.165, 1.54) is 18.2 Å². The van der Waals surface area contributed by atoms with Crippen LogP contribution in [0.25, 0.3) is 17.5 Å². The van der Waals surface area contributed by atoms with Crippen molar-refractivity contribution in [3.05, 3.63) is 54.1 Å². The van der Waals surface area contributed by atoms with E-state index in [1.807, 2.05) is 0 Å². The number of sulfone groups is 1. The molecule has 2 heterocycles. The van der Waals surface area contributed by atoms with E-state index in [2.05, 4.69) is 15.5 Å². The molecule has 0 atom stereocenters. The van der Waals surface area contributed by atoms with Crippen molar-refractivity contribution in [2.75, 3.05) is 18.4 Å². The molecule has 1 N–H and O–H groups in total. The lowest BCUT2D eigenvalue weighted by molar-refractivity contribution is -0.112. The highest BCUT2D eigenvalue weighted by molar-refractivity contribution is 7.90. The van der Waals surface area contributed by atoms with Gasteiger partial charge in [0.25, 0.3) is 5.91 Å². The molecule has 148 valence electrons.